The topological polar surface area (TPSA) is 15.3 Å². The number of hydrogen-bond acceptors (Lipinski definition) is 2. The first-order chi connectivity index (χ1) is 7.20. The number of rotatable bonds is 3. The van der Waals surface area contributed by atoms with E-state index in [-0.39, 0.29) is 0 Å². The van der Waals surface area contributed by atoms with Crippen LogP contribution in [0.4, 0.5) is 0 Å². The summed E-state index contributed by atoms with van der Waals surface area (Å²) in [5, 5.41) is 3.48. The second-order valence-electron chi connectivity index (χ2n) is 6.32. The molecule has 3 rings (SSSR count). The molecule has 2 unspecified atom stereocenters. The van der Waals surface area contributed by atoms with Crippen molar-refractivity contribution in [3.05, 3.63) is 0 Å². The molecule has 2 atom stereocenters. The molecule has 1 saturated carbocycles. The van der Waals surface area contributed by atoms with Crippen LogP contribution < -0.4 is 5.32 Å². The van der Waals surface area contributed by atoms with E-state index in [9.17, 15) is 0 Å². The van der Waals surface area contributed by atoms with Crippen LogP contribution in [-0.4, -0.2) is 36.6 Å². The van der Waals surface area contributed by atoms with Crippen molar-refractivity contribution in [1.82, 2.24) is 10.2 Å². The number of nitrogens with zero attached hydrogens (tertiary/aromatic N) is 1. The molecule has 2 heterocycles. The zero-order chi connectivity index (χ0) is 10.5. The summed E-state index contributed by atoms with van der Waals surface area (Å²) in [6.45, 7) is 3.86. The quantitative estimate of drug-likeness (QED) is 0.763. The first kappa shape index (κ1) is 10.1. The minimum Gasteiger partial charge on any atom is -0.317 e. The minimum absolute atomic E-state index is 0.702. The molecule has 2 nitrogen and oxygen atoms in total. The summed E-state index contributed by atoms with van der Waals surface area (Å²) >= 11 is 0. The van der Waals surface area contributed by atoms with Crippen molar-refractivity contribution in [1.29, 1.82) is 0 Å². The molecule has 2 heteroatoms. The third kappa shape index (κ3) is 1.83. The lowest BCUT2D eigenvalue weighted by atomic mass is 9.95. The third-order valence-electron chi connectivity index (χ3n) is 4.96. The molecule has 0 amide bonds. The van der Waals surface area contributed by atoms with E-state index in [2.05, 4.69) is 24.2 Å². The van der Waals surface area contributed by atoms with Crippen molar-refractivity contribution in [2.75, 3.05) is 13.6 Å². The maximum absolute atomic E-state index is 3.48. The Labute approximate surface area is 93.4 Å². The summed E-state index contributed by atoms with van der Waals surface area (Å²) in [7, 11) is 2.13. The lowest BCUT2D eigenvalue weighted by molar-refractivity contribution is 0.0976. The zero-order valence-electron chi connectivity index (χ0n) is 10.1. The van der Waals surface area contributed by atoms with Gasteiger partial charge in [-0.2, -0.15) is 0 Å². The van der Waals surface area contributed by atoms with E-state index in [0.717, 1.165) is 18.1 Å². The zero-order valence-corrected chi connectivity index (χ0v) is 10.1. The fraction of sp³-hybridized carbons (Fsp3) is 1.00. The van der Waals surface area contributed by atoms with E-state index in [0.29, 0.717) is 5.41 Å². The van der Waals surface area contributed by atoms with Crippen LogP contribution in [0.25, 0.3) is 0 Å². The molecule has 1 aliphatic carbocycles. The number of hydrogen-bond donors (Lipinski definition) is 1. The molecule has 0 aromatic carbocycles. The van der Waals surface area contributed by atoms with Gasteiger partial charge in [-0.05, 0) is 51.0 Å². The molecule has 3 aliphatic rings. The third-order valence-corrected chi connectivity index (χ3v) is 4.96. The smallest absolute Gasteiger partial charge is 0.0114 e. The van der Waals surface area contributed by atoms with Gasteiger partial charge >= 0.3 is 0 Å². The highest BCUT2D eigenvalue weighted by Crippen LogP contribution is 2.48. The SMILES string of the molecule is CNC1CC2CCC(C1)N2CC1(C)CC1. The molecule has 0 aromatic rings. The summed E-state index contributed by atoms with van der Waals surface area (Å²) in [5.74, 6) is 0. The number of fused-ring (bicyclic) bond motifs is 2. The molecule has 3 fully saturated rings. The van der Waals surface area contributed by atoms with Crippen LogP contribution in [0.5, 0.6) is 0 Å². The summed E-state index contributed by atoms with van der Waals surface area (Å²) in [4.78, 5) is 2.85. The van der Waals surface area contributed by atoms with Crippen LogP contribution in [0.2, 0.25) is 0 Å². The van der Waals surface area contributed by atoms with Crippen molar-refractivity contribution in [3.8, 4) is 0 Å². The first-order valence-electron chi connectivity index (χ1n) is 6.63. The fourth-order valence-electron chi connectivity index (χ4n) is 3.58. The second-order valence-corrected chi connectivity index (χ2v) is 6.32. The summed E-state index contributed by atoms with van der Waals surface area (Å²) in [6.07, 6.45) is 8.64. The van der Waals surface area contributed by atoms with Gasteiger partial charge in [0.1, 0.15) is 0 Å². The Kier molecular flexibility index (Phi) is 2.33. The van der Waals surface area contributed by atoms with Crippen molar-refractivity contribution < 1.29 is 0 Å². The predicted molar refractivity (Wildman–Crippen MR) is 62.9 cm³/mol. The van der Waals surface area contributed by atoms with Crippen LogP contribution in [0.15, 0.2) is 0 Å². The maximum Gasteiger partial charge on any atom is 0.0114 e. The van der Waals surface area contributed by atoms with E-state index in [1.807, 2.05) is 0 Å². The Bertz CT molecular complexity index is 233. The largest absolute Gasteiger partial charge is 0.317 e. The highest BCUT2D eigenvalue weighted by Gasteiger charge is 2.46. The van der Waals surface area contributed by atoms with Crippen LogP contribution in [0.1, 0.15) is 45.4 Å². The van der Waals surface area contributed by atoms with Gasteiger partial charge in [-0.15, -0.1) is 0 Å². The molecule has 2 bridgehead atoms. The number of piperidine rings is 1. The van der Waals surface area contributed by atoms with Gasteiger partial charge < -0.3 is 5.32 Å². The van der Waals surface area contributed by atoms with Gasteiger partial charge in [-0.25, -0.2) is 0 Å². The molecule has 0 aromatic heterocycles. The molecule has 15 heavy (non-hydrogen) atoms. The molecular weight excluding hydrogens is 184 g/mol. The summed E-state index contributed by atoms with van der Waals surface area (Å²) in [5.41, 5.74) is 0.702. The van der Waals surface area contributed by atoms with Crippen LogP contribution in [-0.2, 0) is 0 Å². The lowest BCUT2D eigenvalue weighted by Crippen LogP contribution is -2.49. The lowest BCUT2D eigenvalue weighted by Gasteiger charge is -2.40. The minimum atomic E-state index is 0.702. The van der Waals surface area contributed by atoms with E-state index in [1.165, 1.54) is 45.1 Å². The molecule has 0 radical (unpaired) electrons. The Morgan fingerprint density at radius 1 is 1.20 bits per heavy atom. The van der Waals surface area contributed by atoms with Crippen LogP contribution in [0.3, 0.4) is 0 Å². The molecule has 2 saturated heterocycles. The highest BCUT2D eigenvalue weighted by molar-refractivity contribution is 5.01. The predicted octanol–water partition coefficient (Wildman–Crippen LogP) is 2.00. The average molecular weight is 208 g/mol. The average Bonchev–Trinajstić information content (AvgIpc) is 2.91. The Balaban J connectivity index is 1.66. The van der Waals surface area contributed by atoms with Crippen molar-refractivity contribution >= 4 is 0 Å². The molecule has 0 spiro atoms. The van der Waals surface area contributed by atoms with Crippen LogP contribution in [0, 0.1) is 5.41 Å². The normalized spacial score (nSPS) is 43.2. The number of nitrogens with one attached hydrogen (secondary N) is 1. The van der Waals surface area contributed by atoms with Gasteiger partial charge in [-0.3, -0.25) is 4.90 Å². The van der Waals surface area contributed by atoms with E-state index >= 15 is 0 Å². The molecule has 2 aliphatic heterocycles. The second kappa shape index (κ2) is 3.46. The molecule has 1 N–H and O–H groups in total. The van der Waals surface area contributed by atoms with Gasteiger partial charge in [0.05, 0.1) is 0 Å². The Hall–Kier alpha value is -0.0800. The van der Waals surface area contributed by atoms with E-state index in [1.54, 1.807) is 0 Å². The first-order valence-corrected chi connectivity index (χ1v) is 6.63. The Morgan fingerprint density at radius 2 is 1.80 bits per heavy atom. The standard InChI is InChI=1S/C13H24N2/c1-13(5-6-13)9-15-11-3-4-12(15)8-10(7-11)14-2/h10-12,14H,3-9H2,1-2H3. The Morgan fingerprint density at radius 3 is 2.27 bits per heavy atom. The molecule has 86 valence electrons. The summed E-state index contributed by atoms with van der Waals surface area (Å²) < 4.78 is 0. The van der Waals surface area contributed by atoms with Gasteiger partial charge in [-0.1, -0.05) is 6.92 Å². The van der Waals surface area contributed by atoms with E-state index < -0.39 is 0 Å². The monoisotopic (exact) mass is 208 g/mol. The van der Waals surface area contributed by atoms with E-state index in [4.69, 9.17) is 0 Å². The van der Waals surface area contributed by atoms with Gasteiger partial charge in [0, 0.05) is 24.7 Å². The molecular formula is C13H24N2. The summed E-state index contributed by atoms with van der Waals surface area (Å²) in [6, 6.07) is 2.60. The maximum atomic E-state index is 3.48. The van der Waals surface area contributed by atoms with Crippen molar-refractivity contribution in [3.63, 3.8) is 0 Å². The van der Waals surface area contributed by atoms with Crippen molar-refractivity contribution in [2.24, 2.45) is 5.41 Å². The van der Waals surface area contributed by atoms with Crippen molar-refractivity contribution in [2.45, 2.75) is 63.6 Å². The van der Waals surface area contributed by atoms with Crippen LogP contribution >= 0.6 is 0 Å². The van der Waals surface area contributed by atoms with Gasteiger partial charge in [0.15, 0.2) is 0 Å². The van der Waals surface area contributed by atoms with Gasteiger partial charge in [0.25, 0.3) is 0 Å². The highest BCUT2D eigenvalue weighted by atomic mass is 15.2. The van der Waals surface area contributed by atoms with Gasteiger partial charge in [0.2, 0.25) is 0 Å². The fourth-order valence-corrected chi connectivity index (χ4v) is 3.58.